The summed E-state index contributed by atoms with van der Waals surface area (Å²) < 4.78 is 0. The molecule has 1 aliphatic rings. The summed E-state index contributed by atoms with van der Waals surface area (Å²) in [4.78, 5) is 27.9. The maximum absolute atomic E-state index is 12.8. The van der Waals surface area contributed by atoms with E-state index in [0.29, 0.717) is 11.3 Å². The minimum atomic E-state index is -0.0720. The Bertz CT molecular complexity index is 788. The summed E-state index contributed by atoms with van der Waals surface area (Å²) in [5.74, 6) is 0.472. The molecule has 2 amide bonds. The molecule has 0 aliphatic carbocycles. The predicted molar refractivity (Wildman–Crippen MR) is 115 cm³/mol. The summed E-state index contributed by atoms with van der Waals surface area (Å²) in [6.07, 6.45) is 4.01. The maximum Gasteiger partial charge on any atom is 0.252 e. The number of carbonyl (C=O) groups is 2. The molecule has 5 heteroatoms. The molecule has 1 fully saturated rings. The Hall–Kier alpha value is -2.27. The third-order valence-corrected chi connectivity index (χ3v) is 6.09. The van der Waals surface area contributed by atoms with Gasteiger partial charge in [-0.1, -0.05) is 42.5 Å². The molecule has 1 N–H and O–H groups in total. The van der Waals surface area contributed by atoms with Crippen molar-refractivity contribution in [2.75, 3.05) is 18.8 Å². The fourth-order valence-corrected chi connectivity index (χ4v) is 4.33. The molecule has 148 valence electrons. The number of amides is 2. The molecule has 2 aromatic rings. The van der Waals surface area contributed by atoms with Crippen LogP contribution in [0.3, 0.4) is 0 Å². The van der Waals surface area contributed by atoms with Crippen molar-refractivity contribution < 1.29 is 9.59 Å². The number of aryl methyl sites for hydroxylation is 1. The highest BCUT2D eigenvalue weighted by Crippen LogP contribution is 2.24. The van der Waals surface area contributed by atoms with Gasteiger partial charge in [0.15, 0.2) is 0 Å². The Kier molecular flexibility index (Phi) is 7.54. The number of hydrogen-bond donors (Lipinski definition) is 1. The highest BCUT2D eigenvalue weighted by atomic mass is 32.2. The van der Waals surface area contributed by atoms with E-state index in [1.54, 1.807) is 0 Å². The van der Waals surface area contributed by atoms with Crippen LogP contribution in [0.1, 0.15) is 42.1 Å². The van der Waals surface area contributed by atoms with Crippen LogP contribution in [-0.2, 0) is 11.2 Å². The lowest BCUT2D eigenvalue weighted by Gasteiger charge is -2.17. The molecule has 4 nitrogen and oxygen atoms in total. The van der Waals surface area contributed by atoms with E-state index in [9.17, 15) is 9.59 Å². The lowest BCUT2D eigenvalue weighted by atomic mass is 10.1. The van der Waals surface area contributed by atoms with Crippen molar-refractivity contribution in [1.29, 1.82) is 0 Å². The molecule has 0 saturated carbocycles. The van der Waals surface area contributed by atoms with Gasteiger partial charge >= 0.3 is 0 Å². The predicted octanol–water partition coefficient (Wildman–Crippen LogP) is 4.15. The van der Waals surface area contributed by atoms with E-state index in [4.69, 9.17) is 0 Å². The molecular weight excluding hydrogens is 368 g/mol. The second-order valence-corrected chi connectivity index (χ2v) is 8.29. The Morgan fingerprint density at radius 2 is 1.71 bits per heavy atom. The first kappa shape index (κ1) is 20.5. The van der Waals surface area contributed by atoms with Gasteiger partial charge in [0, 0.05) is 24.0 Å². The largest absolute Gasteiger partial charge is 0.350 e. The van der Waals surface area contributed by atoms with Gasteiger partial charge in [0.1, 0.15) is 0 Å². The van der Waals surface area contributed by atoms with Gasteiger partial charge in [-0.3, -0.25) is 9.59 Å². The van der Waals surface area contributed by atoms with E-state index in [0.717, 1.165) is 43.7 Å². The number of carbonyl (C=O) groups excluding carboxylic acids is 2. The number of likely N-dealkylation sites (tertiary alicyclic amines) is 1. The van der Waals surface area contributed by atoms with Crippen LogP contribution in [0.25, 0.3) is 0 Å². The highest BCUT2D eigenvalue weighted by molar-refractivity contribution is 8.00. The number of hydrogen-bond acceptors (Lipinski definition) is 3. The Morgan fingerprint density at radius 3 is 2.46 bits per heavy atom. The topological polar surface area (TPSA) is 49.4 Å². The lowest BCUT2D eigenvalue weighted by Crippen LogP contribution is -2.33. The van der Waals surface area contributed by atoms with Gasteiger partial charge in [-0.05, 0) is 50.3 Å². The van der Waals surface area contributed by atoms with Crippen molar-refractivity contribution in [1.82, 2.24) is 10.2 Å². The van der Waals surface area contributed by atoms with Gasteiger partial charge in [-0.2, -0.15) is 0 Å². The number of rotatable bonds is 8. The van der Waals surface area contributed by atoms with Gasteiger partial charge in [0.05, 0.1) is 11.3 Å². The fraction of sp³-hybridized carbons (Fsp3) is 0.391. The van der Waals surface area contributed by atoms with Crippen molar-refractivity contribution in [2.45, 2.75) is 43.5 Å². The van der Waals surface area contributed by atoms with Crippen molar-refractivity contribution in [2.24, 2.45) is 0 Å². The average Bonchev–Trinajstić information content (AvgIpc) is 3.26. The molecular formula is C23H28N2O2S. The van der Waals surface area contributed by atoms with E-state index in [1.165, 1.54) is 17.3 Å². The highest BCUT2D eigenvalue weighted by Gasteiger charge is 2.19. The zero-order valence-corrected chi connectivity index (χ0v) is 17.2. The van der Waals surface area contributed by atoms with Crippen LogP contribution in [0, 0.1) is 0 Å². The fourth-order valence-electron chi connectivity index (χ4n) is 3.38. The molecule has 0 radical (unpaired) electrons. The summed E-state index contributed by atoms with van der Waals surface area (Å²) in [6, 6.07) is 17.9. The summed E-state index contributed by atoms with van der Waals surface area (Å²) in [7, 11) is 0. The second kappa shape index (κ2) is 10.3. The zero-order chi connectivity index (χ0) is 19.8. The molecule has 0 unspecified atom stereocenters. The first-order valence-corrected chi connectivity index (χ1v) is 11.0. The molecule has 28 heavy (non-hydrogen) atoms. The molecule has 2 aromatic carbocycles. The van der Waals surface area contributed by atoms with Crippen LogP contribution in [0.5, 0.6) is 0 Å². The molecule has 0 aromatic heterocycles. The molecule has 1 saturated heterocycles. The third-order valence-electron chi connectivity index (χ3n) is 5.03. The first-order valence-electron chi connectivity index (χ1n) is 9.98. The smallest absolute Gasteiger partial charge is 0.252 e. The number of nitrogens with one attached hydrogen (secondary N) is 1. The number of benzene rings is 2. The minimum absolute atomic E-state index is 0.0720. The quantitative estimate of drug-likeness (QED) is 0.682. The third kappa shape index (κ3) is 5.86. The van der Waals surface area contributed by atoms with Crippen LogP contribution in [0.2, 0.25) is 0 Å². The summed E-state index contributed by atoms with van der Waals surface area (Å²) in [5, 5.41) is 3.10. The van der Waals surface area contributed by atoms with Gasteiger partial charge in [0.2, 0.25) is 5.91 Å². The van der Waals surface area contributed by atoms with Crippen LogP contribution < -0.4 is 5.32 Å². The van der Waals surface area contributed by atoms with Gasteiger partial charge < -0.3 is 10.2 Å². The minimum Gasteiger partial charge on any atom is -0.350 e. The normalized spacial score (nSPS) is 14.7. The van der Waals surface area contributed by atoms with Crippen molar-refractivity contribution in [3.63, 3.8) is 0 Å². The molecule has 1 heterocycles. The SMILES string of the molecule is C[C@@H](CCc1ccccc1)NC(=O)c1ccccc1SCC(=O)N1CCCC1. The van der Waals surface area contributed by atoms with Crippen molar-refractivity contribution in [3.05, 3.63) is 65.7 Å². The maximum atomic E-state index is 12.8. The van der Waals surface area contributed by atoms with Gasteiger partial charge in [-0.15, -0.1) is 11.8 Å². The first-order chi connectivity index (χ1) is 13.6. The van der Waals surface area contributed by atoms with Crippen molar-refractivity contribution >= 4 is 23.6 Å². The number of nitrogens with zero attached hydrogens (tertiary/aromatic N) is 1. The standard InChI is InChI=1S/C23H28N2O2S/c1-18(13-14-19-9-3-2-4-10-19)24-23(27)20-11-5-6-12-21(20)28-17-22(26)25-15-7-8-16-25/h2-6,9-12,18H,7-8,13-17H2,1H3,(H,24,27)/t18-/m0/s1. The molecule has 3 rings (SSSR count). The number of thioether (sulfide) groups is 1. The molecule has 0 bridgehead atoms. The van der Waals surface area contributed by atoms with E-state index in [2.05, 4.69) is 17.4 Å². The average molecular weight is 397 g/mol. The van der Waals surface area contributed by atoms with E-state index in [-0.39, 0.29) is 17.9 Å². The van der Waals surface area contributed by atoms with Gasteiger partial charge in [-0.25, -0.2) is 0 Å². The van der Waals surface area contributed by atoms with Gasteiger partial charge in [0.25, 0.3) is 5.91 Å². The Labute approximate surface area is 171 Å². The Morgan fingerprint density at radius 1 is 1.04 bits per heavy atom. The molecule has 1 aliphatic heterocycles. The van der Waals surface area contributed by atoms with Crippen LogP contribution in [0.15, 0.2) is 59.5 Å². The summed E-state index contributed by atoms with van der Waals surface area (Å²) in [6.45, 7) is 3.76. The van der Waals surface area contributed by atoms with Crippen LogP contribution in [0.4, 0.5) is 0 Å². The van der Waals surface area contributed by atoms with Crippen LogP contribution >= 0.6 is 11.8 Å². The van der Waals surface area contributed by atoms with E-state index in [1.807, 2.05) is 54.3 Å². The zero-order valence-electron chi connectivity index (χ0n) is 16.4. The Balaban J connectivity index is 1.53. The van der Waals surface area contributed by atoms with E-state index < -0.39 is 0 Å². The van der Waals surface area contributed by atoms with Crippen LogP contribution in [-0.4, -0.2) is 41.6 Å². The molecule has 1 atom stereocenters. The monoisotopic (exact) mass is 396 g/mol. The second-order valence-electron chi connectivity index (χ2n) is 7.27. The summed E-state index contributed by atoms with van der Waals surface area (Å²) in [5.41, 5.74) is 1.92. The lowest BCUT2D eigenvalue weighted by molar-refractivity contribution is -0.127. The van der Waals surface area contributed by atoms with Crippen molar-refractivity contribution in [3.8, 4) is 0 Å². The summed E-state index contributed by atoms with van der Waals surface area (Å²) >= 11 is 1.46. The van der Waals surface area contributed by atoms with E-state index >= 15 is 0 Å². The molecule has 0 spiro atoms.